The second-order valence-corrected chi connectivity index (χ2v) is 11.2. The first-order valence-electron chi connectivity index (χ1n) is 14.2. The molecule has 0 radical (unpaired) electrons. The Morgan fingerprint density at radius 2 is 1.13 bits per heavy atom. The van der Waals surface area contributed by atoms with Gasteiger partial charge in [0.2, 0.25) is 0 Å². The summed E-state index contributed by atoms with van der Waals surface area (Å²) in [5.41, 5.74) is 24.2. The third kappa shape index (κ3) is 5.77. The molecule has 5 aromatic rings. The lowest BCUT2D eigenvalue weighted by Gasteiger charge is -2.47. The van der Waals surface area contributed by atoms with Crippen molar-refractivity contribution in [2.45, 2.75) is 50.1 Å². The van der Waals surface area contributed by atoms with Crippen LogP contribution in [0.1, 0.15) is 36.5 Å². The van der Waals surface area contributed by atoms with Gasteiger partial charge in [-0.15, -0.1) is 0 Å². The highest BCUT2D eigenvalue weighted by Gasteiger charge is 2.45. The van der Waals surface area contributed by atoms with E-state index in [1.807, 2.05) is 0 Å². The highest BCUT2D eigenvalue weighted by Crippen LogP contribution is 2.48. The van der Waals surface area contributed by atoms with E-state index in [0.717, 1.165) is 25.7 Å². The van der Waals surface area contributed by atoms with Crippen molar-refractivity contribution in [3.8, 4) is 0 Å². The van der Waals surface area contributed by atoms with Gasteiger partial charge in [0.25, 0.3) is 0 Å². The minimum absolute atomic E-state index is 0.0171. The zero-order valence-electron chi connectivity index (χ0n) is 23.0. The smallest absolute Gasteiger partial charge is 0.0119 e. The van der Waals surface area contributed by atoms with Crippen molar-refractivity contribution >= 4 is 21.5 Å². The minimum atomic E-state index is -0.326. The quantitative estimate of drug-likeness (QED) is 0.170. The van der Waals surface area contributed by atoms with Crippen LogP contribution in [0.5, 0.6) is 0 Å². The normalized spacial score (nSPS) is 15.6. The lowest BCUT2D eigenvalue weighted by Crippen LogP contribution is -2.51. The van der Waals surface area contributed by atoms with Crippen LogP contribution in [-0.4, -0.2) is 18.6 Å². The molecule has 2 unspecified atom stereocenters. The maximum Gasteiger partial charge on any atom is 0.0119 e. The van der Waals surface area contributed by atoms with Gasteiger partial charge >= 0.3 is 0 Å². The largest absolute Gasteiger partial charge is 0.330 e. The summed E-state index contributed by atoms with van der Waals surface area (Å²) in [4.78, 5) is 0. The van der Waals surface area contributed by atoms with E-state index in [-0.39, 0.29) is 23.4 Å². The van der Waals surface area contributed by atoms with Crippen LogP contribution in [0.2, 0.25) is 0 Å². The second kappa shape index (κ2) is 12.1. The molecule has 39 heavy (non-hydrogen) atoms. The average molecular weight is 516 g/mol. The molecule has 0 heterocycles. The Morgan fingerprint density at radius 3 is 1.64 bits per heavy atom. The standard InChI is InChI=1S/C36H41N3/c1-26(38)25-36(20-21-37,35-31-18-10-8-16-29(31)24-30-17-9-11-19-32(30)35)33(22-27-12-4-2-5-13-27)34(39)23-28-14-6-3-7-15-28/h2-19,24,26,33-34H,20-23,25,37-39H2,1H3/t26-,33?,34-,36?/m0/s1. The third-order valence-corrected chi connectivity index (χ3v) is 8.39. The summed E-state index contributed by atoms with van der Waals surface area (Å²) >= 11 is 0. The van der Waals surface area contributed by atoms with Crippen molar-refractivity contribution in [1.82, 2.24) is 0 Å². The summed E-state index contributed by atoms with van der Waals surface area (Å²) in [5.74, 6) is 0.115. The van der Waals surface area contributed by atoms with Crippen molar-refractivity contribution in [2.24, 2.45) is 23.1 Å². The number of nitrogens with two attached hydrogens (primary N) is 3. The van der Waals surface area contributed by atoms with E-state index in [1.165, 1.54) is 38.2 Å². The maximum absolute atomic E-state index is 7.33. The van der Waals surface area contributed by atoms with Gasteiger partial charge in [-0.25, -0.2) is 0 Å². The molecule has 4 atom stereocenters. The zero-order valence-corrected chi connectivity index (χ0v) is 23.0. The Bertz CT molecular complexity index is 1440. The number of rotatable bonds is 11. The molecule has 0 bridgehead atoms. The Hall–Kier alpha value is -3.50. The SMILES string of the molecule is C[C@H](N)CC(CCN)(c1c2ccccc2cc2ccccc12)C(Cc1ccccc1)[C@@H](N)Cc1ccccc1. The van der Waals surface area contributed by atoms with Crippen molar-refractivity contribution in [1.29, 1.82) is 0 Å². The fraction of sp³-hybridized carbons (Fsp3) is 0.278. The van der Waals surface area contributed by atoms with Gasteiger partial charge in [-0.3, -0.25) is 0 Å². The Morgan fingerprint density at radius 1 is 0.641 bits per heavy atom. The van der Waals surface area contributed by atoms with Gasteiger partial charge in [-0.1, -0.05) is 109 Å². The van der Waals surface area contributed by atoms with Gasteiger partial charge in [-0.2, -0.15) is 0 Å². The molecule has 5 aromatic carbocycles. The molecule has 0 amide bonds. The summed E-state index contributed by atoms with van der Waals surface area (Å²) in [7, 11) is 0. The monoisotopic (exact) mass is 515 g/mol. The molecule has 3 heteroatoms. The molecule has 0 spiro atoms. The number of hydrogen-bond donors (Lipinski definition) is 3. The Kier molecular flexibility index (Phi) is 8.42. The first-order valence-corrected chi connectivity index (χ1v) is 14.2. The summed E-state index contributed by atoms with van der Waals surface area (Å²) in [5, 5.41) is 5.03. The molecule has 0 aliphatic heterocycles. The third-order valence-electron chi connectivity index (χ3n) is 8.39. The van der Waals surface area contributed by atoms with Crippen molar-refractivity contribution < 1.29 is 0 Å². The molecular formula is C36H41N3. The van der Waals surface area contributed by atoms with Crippen LogP contribution in [0.25, 0.3) is 21.5 Å². The second-order valence-electron chi connectivity index (χ2n) is 11.2. The van der Waals surface area contributed by atoms with Crippen LogP contribution < -0.4 is 17.2 Å². The molecule has 0 aliphatic rings. The first-order chi connectivity index (χ1) is 19.0. The van der Waals surface area contributed by atoms with Crippen LogP contribution in [0.3, 0.4) is 0 Å². The first kappa shape index (κ1) is 27.1. The fourth-order valence-electron chi connectivity index (χ4n) is 6.89. The molecule has 0 saturated heterocycles. The maximum atomic E-state index is 7.33. The summed E-state index contributed by atoms with van der Waals surface area (Å²) < 4.78 is 0. The van der Waals surface area contributed by atoms with E-state index in [4.69, 9.17) is 17.2 Å². The van der Waals surface area contributed by atoms with Gasteiger partial charge in [0.15, 0.2) is 0 Å². The highest BCUT2D eigenvalue weighted by atomic mass is 14.7. The van der Waals surface area contributed by atoms with Crippen LogP contribution in [0, 0.1) is 5.92 Å². The molecule has 5 rings (SSSR count). The number of fused-ring (bicyclic) bond motifs is 2. The molecule has 6 N–H and O–H groups in total. The van der Waals surface area contributed by atoms with Gasteiger partial charge in [0, 0.05) is 17.5 Å². The van der Waals surface area contributed by atoms with E-state index >= 15 is 0 Å². The van der Waals surface area contributed by atoms with Crippen molar-refractivity contribution in [2.75, 3.05) is 6.54 Å². The molecule has 0 aromatic heterocycles. The Labute approximate surface area is 233 Å². The fourth-order valence-corrected chi connectivity index (χ4v) is 6.89. The summed E-state index contributed by atoms with van der Waals surface area (Å²) in [6.07, 6.45) is 3.28. The predicted molar refractivity (Wildman–Crippen MR) is 167 cm³/mol. The lowest BCUT2D eigenvalue weighted by atomic mass is 9.58. The van der Waals surface area contributed by atoms with Gasteiger partial charge in [0.05, 0.1) is 0 Å². The Balaban J connectivity index is 1.80. The molecule has 200 valence electrons. The van der Waals surface area contributed by atoms with Crippen LogP contribution in [0.15, 0.2) is 115 Å². The van der Waals surface area contributed by atoms with Crippen LogP contribution >= 0.6 is 0 Å². The lowest BCUT2D eigenvalue weighted by molar-refractivity contribution is 0.189. The molecular weight excluding hydrogens is 474 g/mol. The molecule has 0 aliphatic carbocycles. The van der Waals surface area contributed by atoms with Crippen molar-refractivity contribution in [3.63, 3.8) is 0 Å². The van der Waals surface area contributed by atoms with Gasteiger partial charge < -0.3 is 17.2 Å². The van der Waals surface area contributed by atoms with E-state index < -0.39 is 0 Å². The minimum Gasteiger partial charge on any atom is -0.330 e. The number of benzene rings is 5. The van der Waals surface area contributed by atoms with Gasteiger partial charge in [0.1, 0.15) is 0 Å². The molecule has 0 fully saturated rings. The topological polar surface area (TPSA) is 78.1 Å². The predicted octanol–water partition coefficient (Wildman–Crippen LogP) is 6.75. The highest BCUT2D eigenvalue weighted by molar-refractivity contribution is 6.03. The van der Waals surface area contributed by atoms with E-state index in [9.17, 15) is 0 Å². The summed E-state index contributed by atoms with van der Waals surface area (Å²) in [6, 6.07) is 41.1. The van der Waals surface area contributed by atoms with E-state index in [0.29, 0.717) is 6.54 Å². The van der Waals surface area contributed by atoms with Crippen molar-refractivity contribution in [3.05, 3.63) is 132 Å². The van der Waals surface area contributed by atoms with E-state index in [2.05, 4.69) is 122 Å². The average Bonchev–Trinajstić information content (AvgIpc) is 2.95. The van der Waals surface area contributed by atoms with Crippen LogP contribution in [0.4, 0.5) is 0 Å². The summed E-state index contributed by atoms with van der Waals surface area (Å²) in [6.45, 7) is 2.69. The van der Waals surface area contributed by atoms with Crippen LogP contribution in [-0.2, 0) is 18.3 Å². The molecule has 0 saturated carbocycles. The number of hydrogen-bond acceptors (Lipinski definition) is 3. The van der Waals surface area contributed by atoms with E-state index in [1.54, 1.807) is 0 Å². The zero-order chi connectivity index (χ0) is 27.2. The molecule has 3 nitrogen and oxygen atoms in total. The van der Waals surface area contributed by atoms with Gasteiger partial charge in [-0.05, 0) is 89.4 Å².